The van der Waals surface area contributed by atoms with Crippen LogP contribution in [-0.2, 0) is 6.42 Å². The summed E-state index contributed by atoms with van der Waals surface area (Å²) in [6.07, 6.45) is 5.25. The van der Waals surface area contributed by atoms with Crippen LogP contribution < -0.4 is 9.47 Å². The maximum atomic E-state index is 5.97. The summed E-state index contributed by atoms with van der Waals surface area (Å²) in [5.74, 6) is 1.65. The van der Waals surface area contributed by atoms with Gasteiger partial charge in [0.1, 0.15) is 24.7 Å². The van der Waals surface area contributed by atoms with Crippen LogP contribution in [-0.4, -0.2) is 27.7 Å². The summed E-state index contributed by atoms with van der Waals surface area (Å²) in [4.78, 5) is 11.7. The van der Waals surface area contributed by atoms with Crippen molar-refractivity contribution in [3.05, 3.63) is 48.5 Å². The largest absolute Gasteiger partial charge is 0.486 e. The van der Waals surface area contributed by atoms with Gasteiger partial charge in [-0.2, -0.15) is 0 Å². The standard InChI is InChI=1S/C16H15N3O2/c1-2-4-15-14(3-1)20-9-11(21-15)5-6-13-12-7-8-17-16(12)19-10-18-13/h1-4,7-8,10-11H,5-6,9H2,(H,17,18,19)/t11-/m0/s1. The molecular formula is C16H15N3O2. The Morgan fingerprint density at radius 2 is 2.05 bits per heavy atom. The number of fused-ring (bicyclic) bond motifs is 2. The fourth-order valence-corrected chi connectivity index (χ4v) is 2.63. The third-order valence-electron chi connectivity index (χ3n) is 3.71. The first kappa shape index (κ1) is 12.2. The average molecular weight is 281 g/mol. The number of benzene rings is 1. The molecule has 3 aromatic rings. The van der Waals surface area contributed by atoms with Crippen LogP contribution in [0.4, 0.5) is 0 Å². The van der Waals surface area contributed by atoms with E-state index in [4.69, 9.17) is 9.47 Å². The zero-order valence-electron chi connectivity index (χ0n) is 11.5. The van der Waals surface area contributed by atoms with E-state index in [9.17, 15) is 0 Å². The topological polar surface area (TPSA) is 60.0 Å². The van der Waals surface area contributed by atoms with Crippen LogP contribution in [0, 0.1) is 0 Å². The molecule has 0 amide bonds. The van der Waals surface area contributed by atoms with Gasteiger partial charge in [0.2, 0.25) is 0 Å². The molecule has 0 unspecified atom stereocenters. The molecule has 0 radical (unpaired) electrons. The lowest BCUT2D eigenvalue weighted by atomic mass is 10.1. The molecule has 1 atom stereocenters. The van der Waals surface area contributed by atoms with Crippen molar-refractivity contribution in [3.63, 3.8) is 0 Å². The van der Waals surface area contributed by atoms with E-state index in [0.29, 0.717) is 6.61 Å². The summed E-state index contributed by atoms with van der Waals surface area (Å²) in [5, 5.41) is 1.08. The van der Waals surface area contributed by atoms with Crippen LogP contribution in [0.1, 0.15) is 12.1 Å². The maximum Gasteiger partial charge on any atom is 0.161 e. The van der Waals surface area contributed by atoms with E-state index in [1.807, 2.05) is 36.5 Å². The number of aromatic amines is 1. The average Bonchev–Trinajstić information content (AvgIpc) is 3.02. The Labute approximate surface area is 121 Å². The minimum absolute atomic E-state index is 0.0591. The highest BCUT2D eigenvalue weighted by Gasteiger charge is 2.20. The van der Waals surface area contributed by atoms with Crippen LogP contribution in [0.2, 0.25) is 0 Å². The predicted molar refractivity (Wildman–Crippen MR) is 78.6 cm³/mol. The van der Waals surface area contributed by atoms with Crippen molar-refractivity contribution in [3.8, 4) is 11.5 Å². The van der Waals surface area contributed by atoms with Crippen molar-refractivity contribution < 1.29 is 9.47 Å². The molecular weight excluding hydrogens is 266 g/mol. The van der Waals surface area contributed by atoms with E-state index in [1.54, 1.807) is 6.33 Å². The first-order chi connectivity index (χ1) is 10.4. The van der Waals surface area contributed by atoms with Crippen molar-refractivity contribution in [1.29, 1.82) is 0 Å². The van der Waals surface area contributed by atoms with Crippen LogP contribution in [0.15, 0.2) is 42.9 Å². The van der Waals surface area contributed by atoms with E-state index in [-0.39, 0.29) is 6.10 Å². The molecule has 106 valence electrons. The van der Waals surface area contributed by atoms with Gasteiger partial charge in [0.25, 0.3) is 0 Å². The highest BCUT2D eigenvalue weighted by molar-refractivity contribution is 5.77. The third-order valence-corrected chi connectivity index (χ3v) is 3.71. The van der Waals surface area contributed by atoms with E-state index >= 15 is 0 Å². The minimum atomic E-state index is 0.0591. The summed E-state index contributed by atoms with van der Waals surface area (Å²) >= 11 is 0. The first-order valence-electron chi connectivity index (χ1n) is 7.05. The highest BCUT2D eigenvalue weighted by Crippen LogP contribution is 2.31. The number of nitrogens with one attached hydrogen (secondary N) is 1. The Morgan fingerprint density at radius 3 is 3.00 bits per heavy atom. The number of para-hydroxylation sites is 2. The maximum absolute atomic E-state index is 5.97. The molecule has 0 saturated heterocycles. The molecule has 2 aromatic heterocycles. The van der Waals surface area contributed by atoms with Gasteiger partial charge in [-0.05, 0) is 31.0 Å². The third kappa shape index (κ3) is 2.31. The minimum Gasteiger partial charge on any atom is -0.486 e. The Morgan fingerprint density at radius 1 is 1.14 bits per heavy atom. The molecule has 1 aliphatic rings. The monoisotopic (exact) mass is 281 g/mol. The Balaban J connectivity index is 1.47. The van der Waals surface area contributed by atoms with Crippen molar-refractivity contribution in [2.24, 2.45) is 0 Å². The number of aromatic nitrogens is 3. The van der Waals surface area contributed by atoms with Gasteiger partial charge >= 0.3 is 0 Å². The number of hydrogen-bond donors (Lipinski definition) is 1. The number of rotatable bonds is 3. The number of aryl methyl sites for hydroxylation is 1. The fourth-order valence-electron chi connectivity index (χ4n) is 2.63. The fraction of sp³-hybridized carbons (Fsp3) is 0.250. The summed E-state index contributed by atoms with van der Waals surface area (Å²) in [6.45, 7) is 0.582. The molecule has 1 N–H and O–H groups in total. The lowest BCUT2D eigenvalue weighted by Gasteiger charge is -2.26. The molecule has 0 aliphatic carbocycles. The predicted octanol–water partition coefficient (Wildman–Crippen LogP) is 2.73. The molecule has 0 saturated carbocycles. The van der Waals surface area contributed by atoms with Gasteiger partial charge < -0.3 is 14.5 Å². The summed E-state index contributed by atoms with van der Waals surface area (Å²) in [5.41, 5.74) is 1.93. The number of H-pyrrole nitrogens is 1. The molecule has 0 bridgehead atoms. The highest BCUT2D eigenvalue weighted by atomic mass is 16.6. The molecule has 1 aromatic carbocycles. The van der Waals surface area contributed by atoms with Crippen LogP contribution >= 0.6 is 0 Å². The summed E-state index contributed by atoms with van der Waals surface area (Å²) in [7, 11) is 0. The van der Waals surface area contributed by atoms with Gasteiger partial charge in [0, 0.05) is 11.6 Å². The molecule has 0 fully saturated rings. The Bertz CT molecular complexity index is 769. The normalized spacial score (nSPS) is 17.0. The second-order valence-electron chi connectivity index (χ2n) is 5.10. The van der Waals surface area contributed by atoms with Gasteiger partial charge in [-0.15, -0.1) is 0 Å². The zero-order valence-corrected chi connectivity index (χ0v) is 11.5. The van der Waals surface area contributed by atoms with Gasteiger partial charge in [-0.1, -0.05) is 12.1 Å². The number of nitrogens with zero attached hydrogens (tertiary/aromatic N) is 2. The summed E-state index contributed by atoms with van der Waals surface area (Å²) in [6, 6.07) is 9.79. The zero-order chi connectivity index (χ0) is 14.1. The summed E-state index contributed by atoms with van der Waals surface area (Å²) < 4.78 is 11.7. The van der Waals surface area contributed by atoms with Gasteiger partial charge in [0.15, 0.2) is 11.5 Å². The van der Waals surface area contributed by atoms with Crippen molar-refractivity contribution in [2.45, 2.75) is 18.9 Å². The van der Waals surface area contributed by atoms with E-state index in [0.717, 1.165) is 41.1 Å². The smallest absolute Gasteiger partial charge is 0.161 e. The molecule has 0 spiro atoms. The molecule has 4 rings (SSSR count). The lowest BCUT2D eigenvalue weighted by molar-refractivity contribution is 0.0850. The molecule has 5 nitrogen and oxygen atoms in total. The van der Waals surface area contributed by atoms with Crippen LogP contribution in [0.25, 0.3) is 11.0 Å². The van der Waals surface area contributed by atoms with Gasteiger partial charge in [-0.25, -0.2) is 9.97 Å². The van der Waals surface area contributed by atoms with E-state index in [1.165, 1.54) is 0 Å². The molecule has 5 heteroatoms. The SMILES string of the molecule is c1ccc2c(c1)OC[C@H](CCc1ncnc3[nH]ccc13)O2. The Kier molecular flexibility index (Phi) is 2.96. The van der Waals surface area contributed by atoms with E-state index < -0.39 is 0 Å². The van der Waals surface area contributed by atoms with Crippen molar-refractivity contribution in [2.75, 3.05) is 6.61 Å². The lowest BCUT2D eigenvalue weighted by Crippen LogP contribution is -2.29. The first-order valence-corrected chi connectivity index (χ1v) is 7.05. The molecule has 1 aliphatic heterocycles. The van der Waals surface area contributed by atoms with Gasteiger partial charge in [-0.3, -0.25) is 0 Å². The van der Waals surface area contributed by atoms with Crippen molar-refractivity contribution in [1.82, 2.24) is 15.0 Å². The Hall–Kier alpha value is -2.56. The van der Waals surface area contributed by atoms with Crippen LogP contribution in [0.3, 0.4) is 0 Å². The van der Waals surface area contributed by atoms with Crippen molar-refractivity contribution >= 4 is 11.0 Å². The second-order valence-corrected chi connectivity index (χ2v) is 5.10. The number of ether oxygens (including phenoxy) is 2. The second kappa shape index (κ2) is 5.09. The van der Waals surface area contributed by atoms with E-state index in [2.05, 4.69) is 15.0 Å². The van der Waals surface area contributed by atoms with Gasteiger partial charge in [0.05, 0.1) is 5.69 Å². The number of hydrogen-bond acceptors (Lipinski definition) is 4. The quantitative estimate of drug-likeness (QED) is 0.802. The molecule has 3 heterocycles. The van der Waals surface area contributed by atoms with Crippen LogP contribution in [0.5, 0.6) is 11.5 Å². The molecule has 21 heavy (non-hydrogen) atoms.